The highest BCUT2D eigenvalue weighted by Gasteiger charge is 1.99. The molecule has 74 valence electrons. The normalized spacial score (nSPS) is 15.9. The van der Waals surface area contributed by atoms with Gasteiger partial charge in [0.2, 0.25) is 0 Å². The Kier molecular flexibility index (Phi) is 7.81. The summed E-state index contributed by atoms with van der Waals surface area (Å²) >= 11 is 0. The Morgan fingerprint density at radius 3 is 2.67 bits per heavy atom. The zero-order chi connectivity index (χ0) is 9.40. The van der Waals surface area contributed by atoms with Crippen LogP contribution in [0.2, 0.25) is 0 Å². The minimum atomic E-state index is -0.647. The second-order valence-corrected chi connectivity index (χ2v) is 4.93. The van der Waals surface area contributed by atoms with Crippen molar-refractivity contribution in [2.75, 3.05) is 25.1 Å². The molecule has 2 nitrogen and oxygen atoms in total. The highest BCUT2D eigenvalue weighted by molar-refractivity contribution is 7.84. The molecule has 0 aromatic carbocycles. The van der Waals surface area contributed by atoms with E-state index in [1.807, 2.05) is 0 Å². The van der Waals surface area contributed by atoms with Crippen LogP contribution in [-0.4, -0.2) is 29.3 Å². The Morgan fingerprint density at radius 2 is 2.17 bits per heavy atom. The molecule has 0 radical (unpaired) electrons. The van der Waals surface area contributed by atoms with Gasteiger partial charge in [-0.3, -0.25) is 4.21 Å². The molecule has 0 saturated heterocycles. The first-order valence-corrected chi connectivity index (χ1v) is 6.40. The van der Waals surface area contributed by atoms with Crippen molar-refractivity contribution >= 4 is 10.8 Å². The third-order valence-electron chi connectivity index (χ3n) is 1.84. The lowest BCUT2D eigenvalue weighted by atomic mass is 10.1. The molecule has 0 rings (SSSR count). The van der Waals surface area contributed by atoms with Crippen molar-refractivity contribution < 1.29 is 4.21 Å². The van der Waals surface area contributed by atoms with E-state index < -0.39 is 10.8 Å². The molecule has 2 atom stereocenters. The van der Waals surface area contributed by atoms with Gasteiger partial charge in [0.1, 0.15) is 0 Å². The third-order valence-corrected chi connectivity index (χ3v) is 2.62. The van der Waals surface area contributed by atoms with Crippen LogP contribution in [0.4, 0.5) is 0 Å². The van der Waals surface area contributed by atoms with Crippen LogP contribution in [0.25, 0.3) is 0 Å². The first kappa shape index (κ1) is 12.1. The number of hydrogen-bond donors (Lipinski definition) is 1. The lowest BCUT2D eigenvalue weighted by molar-refractivity contribution is 0.484. The molecule has 0 saturated carbocycles. The SMILES string of the molecule is CCCC(C)CNCCS(C)=O. The van der Waals surface area contributed by atoms with Crippen molar-refractivity contribution in [1.29, 1.82) is 0 Å². The van der Waals surface area contributed by atoms with Gasteiger partial charge in [0, 0.05) is 29.4 Å². The highest BCUT2D eigenvalue weighted by Crippen LogP contribution is 2.01. The monoisotopic (exact) mass is 191 g/mol. The second-order valence-electron chi connectivity index (χ2n) is 3.38. The van der Waals surface area contributed by atoms with Gasteiger partial charge in [-0.15, -0.1) is 0 Å². The molecule has 2 unspecified atom stereocenters. The summed E-state index contributed by atoms with van der Waals surface area (Å²) in [6, 6.07) is 0. The molecule has 0 spiro atoms. The maximum Gasteiger partial charge on any atom is 0.0357 e. The van der Waals surface area contributed by atoms with Gasteiger partial charge in [0.25, 0.3) is 0 Å². The molecule has 3 heteroatoms. The van der Waals surface area contributed by atoms with Crippen molar-refractivity contribution in [3.8, 4) is 0 Å². The molecule has 0 bridgehead atoms. The fourth-order valence-electron chi connectivity index (χ4n) is 1.16. The second kappa shape index (κ2) is 7.74. The summed E-state index contributed by atoms with van der Waals surface area (Å²) in [4.78, 5) is 0. The van der Waals surface area contributed by atoms with Crippen LogP contribution in [0.5, 0.6) is 0 Å². The van der Waals surface area contributed by atoms with Gasteiger partial charge >= 0.3 is 0 Å². The Hall–Kier alpha value is 0.110. The lowest BCUT2D eigenvalue weighted by Gasteiger charge is -2.10. The van der Waals surface area contributed by atoms with Crippen LogP contribution < -0.4 is 5.32 Å². The van der Waals surface area contributed by atoms with Gasteiger partial charge in [-0.2, -0.15) is 0 Å². The standard InChI is InChI=1S/C9H21NOS/c1-4-5-9(2)8-10-6-7-12(3)11/h9-10H,4-8H2,1-3H3. The summed E-state index contributed by atoms with van der Waals surface area (Å²) in [6.45, 7) is 6.40. The smallest absolute Gasteiger partial charge is 0.0357 e. The minimum absolute atomic E-state index is 0.647. The van der Waals surface area contributed by atoms with Crippen molar-refractivity contribution in [3.05, 3.63) is 0 Å². The predicted octanol–water partition coefficient (Wildman–Crippen LogP) is 1.39. The van der Waals surface area contributed by atoms with E-state index in [1.54, 1.807) is 6.26 Å². The minimum Gasteiger partial charge on any atom is -0.316 e. The predicted molar refractivity (Wildman–Crippen MR) is 55.9 cm³/mol. The maximum atomic E-state index is 10.7. The fourth-order valence-corrected chi connectivity index (χ4v) is 1.59. The summed E-state index contributed by atoms with van der Waals surface area (Å²) in [5.74, 6) is 1.53. The zero-order valence-corrected chi connectivity index (χ0v) is 9.25. The van der Waals surface area contributed by atoms with Gasteiger partial charge in [-0.25, -0.2) is 0 Å². The van der Waals surface area contributed by atoms with Crippen molar-refractivity contribution in [3.63, 3.8) is 0 Å². The van der Waals surface area contributed by atoms with E-state index in [4.69, 9.17) is 0 Å². The number of hydrogen-bond acceptors (Lipinski definition) is 2. The summed E-state index contributed by atoms with van der Waals surface area (Å²) in [5, 5.41) is 3.31. The van der Waals surface area contributed by atoms with E-state index in [-0.39, 0.29) is 0 Å². The number of nitrogens with one attached hydrogen (secondary N) is 1. The average molecular weight is 191 g/mol. The van der Waals surface area contributed by atoms with Crippen LogP contribution in [0, 0.1) is 5.92 Å². The van der Waals surface area contributed by atoms with Gasteiger partial charge in [0.05, 0.1) is 0 Å². The van der Waals surface area contributed by atoms with E-state index in [0.717, 1.165) is 24.8 Å². The van der Waals surface area contributed by atoms with Gasteiger partial charge in [-0.1, -0.05) is 20.3 Å². The van der Waals surface area contributed by atoms with Crippen molar-refractivity contribution in [2.24, 2.45) is 5.92 Å². The fraction of sp³-hybridized carbons (Fsp3) is 1.00. The zero-order valence-electron chi connectivity index (χ0n) is 8.43. The third kappa shape index (κ3) is 8.21. The first-order valence-electron chi connectivity index (χ1n) is 4.67. The topological polar surface area (TPSA) is 29.1 Å². The van der Waals surface area contributed by atoms with Crippen LogP contribution in [-0.2, 0) is 10.8 Å². The van der Waals surface area contributed by atoms with Gasteiger partial charge in [0.15, 0.2) is 0 Å². The summed E-state index contributed by atoms with van der Waals surface area (Å²) in [6.07, 6.45) is 4.28. The largest absolute Gasteiger partial charge is 0.316 e. The highest BCUT2D eigenvalue weighted by atomic mass is 32.2. The van der Waals surface area contributed by atoms with E-state index in [2.05, 4.69) is 19.2 Å². The Morgan fingerprint density at radius 1 is 1.50 bits per heavy atom. The Labute approximate surface area is 78.6 Å². The summed E-state index contributed by atoms with van der Waals surface area (Å²) in [5.41, 5.74) is 0. The molecular weight excluding hydrogens is 170 g/mol. The molecule has 0 heterocycles. The van der Waals surface area contributed by atoms with E-state index in [1.165, 1.54) is 12.8 Å². The summed E-state index contributed by atoms with van der Waals surface area (Å²) < 4.78 is 10.7. The first-order chi connectivity index (χ1) is 5.66. The molecule has 0 aromatic rings. The Bertz CT molecular complexity index is 128. The maximum absolute atomic E-state index is 10.7. The van der Waals surface area contributed by atoms with E-state index >= 15 is 0 Å². The quantitative estimate of drug-likeness (QED) is 0.616. The molecule has 1 N–H and O–H groups in total. The lowest BCUT2D eigenvalue weighted by Crippen LogP contribution is -2.25. The number of rotatable bonds is 7. The van der Waals surface area contributed by atoms with Crippen LogP contribution in [0.15, 0.2) is 0 Å². The van der Waals surface area contributed by atoms with Crippen molar-refractivity contribution in [2.45, 2.75) is 26.7 Å². The van der Waals surface area contributed by atoms with Crippen LogP contribution in [0.1, 0.15) is 26.7 Å². The molecule has 12 heavy (non-hydrogen) atoms. The van der Waals surface area contributed by atoms with Crippen LogP contribution in [0.3, 0.4) is 0 Å². The van der Waals surface area contributed by atoms with Crippen molar-refractivity contribution in [1.82, 2.24) is 5.32 Å². The van der Waals surface area contributed by atoms with E-state index in [0.29, 0.717) is 0 Å². The molecule has 0 aliphatic carbocycles. The Balaban J connectivity index is 3.13. The molecule has 0 aliphatic rings. The van der Waals surface area contributed by atoms with Crippen LogP contribution >= 0.6 is 0 Å². The molecule has 0 amide bonds. The van der Waals surface area contributed by atoms with Gasteiger partial charge < -0.3 is 5.32 Å². The average Bonchev–Trinajstić information content (AvgIpc) is 1.98. The molecular formula is C9H21NOS. The molecule has 0 aromatic heterocycles. The molecule has 0 fully saturated rings. The van der Waals surface area contributed by atoms with E-state index in [9.17, 15) is 4.21 Å². The molecule has 0 aliphatic heterocycles. The van der Waals surface area contributed by atoms with Gasteiger partial charge in [-0.05, 0) is 18.9 Å². The summed E-state index contributed by atoms with van der Waals surface area (Å²) in [7, 11) is -0.647.